The molecule has 0 amide bonds. The highest BCUT2D eigenvalue weighted by Gasteiger charge is 2.37. The minimum Gasteiger partial charge on any atom is -0.352 e. The van der Waals surface area contributed by atoms with Gasteiger partial charge in [-0.1, -0.05) is 0 Å². The minimum absolute atomic E-state index is 0.0795. The summed E-state index contributed by atoms with van der Waals surface area (Å²) in [4.78, 5) is 6.90. The number of imidazole rings is 1. The number of hydrogen-bond donors (Lipinski definition) is 2. The fourth-order valence-electron chi connectivity index (χ4n) is 4.34. The van der Waals surface area contributed by atoms with Gasteiger partial charge in [0.15, 0.2) is 0 Å². The molecule has 0 saturated heterocycles. The zero-order valence-corrected chi connectivity index (χ0v) is 17.8. The lowest BCUT2D eigenvalue weighted by Crippen LogP contribution is -2.44. The van der Waals surface area contributed by atoms with Gasteiger partial charge in [0.25, 0.3) is 10.0 Å². The Morgan fingerprint density at radius 1 is 1.09 bits per heavy atom. The predicted octanol–water partition coefficient (Wildman–Crippen LogP) is 4.21. The fourth-order valence-corrected chi connectivity index (χ4v) is 5.72. The molecule has 6 nitrogen and oxygen atoms in total. The van der Waals surface area contributed by atoms with Crippen molar-refractivity contribution in [3.8, 4) is 11.3 Å². The van der Waals surface area contributed by atoms with E-state index in [1.165, 1.54) is 29.0 Å². The molecule has 0 aliphatic heterocycles. The lowest BCUT2D eigenvalue weighted by atomic mass is 9.74. The van der Waals surface area contributed by atoms with Crippen LogP contribution in [-0.4, -0.2) is 29.0 Å². The molecule has 2 aromatic carbocycles. The van der Waals surface area contributed by atoms with Crippen LogP contribution in [0.25, 0.3) is 22.2 Å². The molecule has 2 aromatic heterocycles. The normalized spacial score (nSPS) is 18.8. The molecule has 10 heteroatoms. The van der Waals surface area contributed by atoms with E-state index in [9.17, 15) is 21.6 Å². The molecule has 4 aromatic rings. The van der Waals surface area contributed by atoms with Gasteiger partial charge in [-0.25, -0.2) is 31.3 Å². The molecule has 0 radical (unpaired) electrons. The van der Waals surface area contributed by atoms with Crippen molar-refractivity contribution < 1.29 is 21.6 Å². The molecule has 0 bridgehead atoms. The first-order chi connectivity index (χ1) is 15.2. The van der Waals surface area contributed by atoms with Crippen LogP contribution in [0.1, 0.15) is 24.3 Å². The van der Waals surface area contributed by atoms with Crippen molar-refractivity contribution in [2.75, 3.05) is 0 Å². The fraction of sp³-hybridized carbons (Fsp3) is 0.227. The molecule has 5 rings (SSSR count). The Kier molecular flexibility index (Phi) is 4.86. The van der Waals surface area contributed by atoms with Crippen LogP contribution in [0, 0.1) is 17.5 Å². The smallest absolute Gasteiger partial charge is 0.274 e. The van der Waals surface area contributed by atoms with E-state index in [2.05, 4.69) is 14.7 Å². The first-order valence-corrected chi connectivity index (χ1v) is 11.5. The minimum atomic E-state index is -3.79. The van der Waals surface area contributed by atoms with Crippen molar-refractivity contribution >= 4 is 20.9 Å². The summed E-state index contributed by atoms with van der Waals surface area (Å²) in [5.41, 5.74) is 2.06. The lowest BCUT2D eigenvalue weighted by molar-refractivity contribution is 0.327. The number of fused-ring (bicyclic) bond motifs is 1. The zero-order chi connectivity index (χ0) is 22.6. The summed E-state index contributed by atoms with van der Waals surface area (Å²) in [5, 5.41) is 0.321. The molecule has 32 heavy (non-hydrogen) atoms. The van der Waals surface area contributed by atoms with E-state index in [1.807, 2.05) is 0 Å². The van der Waals surface area contributed by atoms with E-state index in [1.54, 1.807) is 25.4 Å². The van der Waals surface area contributed by atoms with Crippen molar-refractivity contribution in [3.63, 3.8) is 0 Å². The number of hydrogen-bond acceptors (Lipinski definition) is 3. The highest BCUT2D eigenvalue weighted by atomic mass is 32.2. The molecule has 1 fully saturated rings. The van der Waals surface area contributed by atoms with Crippen LogP contribution in [0.15, 0.2) is 53.9 Å². The Balaban J connectivity index is 1.49. The van der Waals surface area contributed by atoms with Crippen LogP contribution < -0.4 is 4.72 Å². The third-order valence-corrected chi connectivity index (χ3v) is 7.40. The SMILES string of the molecule is Cn1ccnc1S(=O)(=O)N[C@H]1C[C@H](c2c(-c3ccc(F)cc3)[nH]c3c(F)cc(F)cc32)C1. The lowest BCUT2D eigenvalue weighted by Gasteiger charge is -2.36. The largest absolute Gasteiger partial charge is 0.352 e. The number of H-pyrrole nitrogens is 1. The highest BCUT2D eigenvalue weighted by molar-refractivity contribution is 7.89. The molecule has 0 atom stereocenters. The number of aryl methyl sites for hydroxylation is 1. The van der Waals surface area contributed by atoms with Crippen LogP contribution in [0.3, 0.4) is 0 Å². The van der Waals surface area contributed by atoms with E-state index in [0.29, 0.717) is 35.0 Å². The first-order valence-electron chi connectivity index (χ1n) is 9.99. The average Bonchev–Trinajstić information content (AvgIpc) is 3.29. The van der Waals surface area contributed by atoms with Crippen molar-refractivity contribution in [1.82, 2.24) is 19.3 Å². The molecule has 2 N–H and O–H groups in total. The number of nitrogens with one attached hydrogen (secondary N) is 2. The number of aromatic amines is 1. The van der Waals surface area contributed by atoms with Crippen LogP contribution in [0.4, 0.5) is 13.2 Å². The van der Waals surface area contributed by atoms with E-state index >= 15 is 0 Å². The molecule has 2 heterocycles. The van der Waals surface area contributed by atoms with Crippen LogP contribution in [-0.2, 0) is 17.1 Å². The van der Waals surface area contributed by atoms with Gasteiger partial charge in [-0.15, -0.1) is 0 Å². The maximum absolute atomic E-state index is 14.5. The van der Waals surface area contributed by atoms with Crippen molar-refractivity contribution in [2.24, 2.45) is 7.05 Å². The Hall–Kier alpha value is -3.11. The number of halogens is 3. The second-order valence-corrected chi connectivity index (χ2v) is 9.65. The quantitative estimate of drug-likeness (QED) is 0.468. The second kappa shape index (κ2) is 7.49. The zero-order valence-electron chi connectivity index (χ0n) is 16.9. The van der Waals surface area contributed by atoms with Crippen LogP contribution in [0.5, 0.6) is 0 Å². The first kappa shape index (κ1) is 20.8. The number of nitrogens with zero attached hydrogens (tertiary/aromatic N) is 2. The second-order valence-electron chi connectivity index (χ2n) is 8.04. The Morgan fingerprint density at radius 3 is 2.47 bits per heavy atom. The molecular formula is C22H19F3N4O2S. The molecule has 1 aliphatic rings. The Morgan fingerprint density at radius 2 is 1.81 bits per heavy atom. The van der Waals surface area contributed by atoms with Gasteiger partial charge in [0, 0.05) is 36.9 Å². The van der Waals surface area contributed by atoms with E-state index in [0.717, 1.165) is 6.07 Å². The molecule has 1 saturated carbocycles. The number of aromatic nitrogens is 3. The molecule has 1 aliphatic carbocycles. The van der Waals surface area contributed by atoms with Gasteiger partial charge in [0.1, 0.15) is 17.5 Å². The molecular weight excluding hydrogens is 441 g/mol. The van der Waals surface area contributed by atoms with Gasteiger partial charge in [0.2, 0.25) is 5.16 Å². The number of rotatable bonds is 5. The van der Waals surface area contributed by atoms with Crippen molar-refractivity contribution in [3.05, 3.63) is 71.8 Å². The van der Waals surface area contributed by atoms with E-state index in [-0.39, 0.29) is 22.6 Å². The van der Waals surface area contributed by atoms with Gasteiger partial charge in [-0.2, -0.15) is 0 Å². The summed E-state index contributed by atoms with van der Waals surface area (Å²) in [5.74, 6) is -1.97. The summed E-state index contributed by atoms with van der Waals surface area (Å²) in [6.07, 6.45) is 3.84. The van der Waals surface area contributed by atoms with Gasteiger partial charge in [0.05, 0.1) is 11.2 Å². The number of sulfonamides is 1. The maximum Gasteiger partial charge on any atom is 0.274 e. The topological polar surface area (TPSA) is 79.8 Å². The average molecular weight is 460 g/mol. The maximum atomic E-state index is 14.5. The van der Waals surface area contributed by atoms with Crippen molar-refractivity contribution in [2.45, 2.75) is 30.0 Å². The standard InChI is InChI=1S/C22H19F3N4O2S/c1-29-7-6-26-22(29)32(30,31)28-16-8-13(9-16)19-17-10-15(24)11-18(25)21(17)27-20(19)12-2-4-14(23)5-3-12/h2-7,10-11,13,16,27-28H,8-9H2,1H3/t13-,16-. The van der Waals surface area contributed by atoms with Gasteiger partial charge in [-0.05, 0) is 60.2 Å². The van der Waals surface area contributed by atoms with Crippen molar-refractivity contribution in [1.29, 1.82) is 0 Å². The number of benzene rings is 2. The third-order valence-electron chi connectivity index (χ3n) is 5.88. The van der Waals surface area contributed by atoms with Gasteiger partial charge < -0.3 is 9.55 Å². The van der Waals surface area contributed by atoms with E-state index in [4.69, 9.17) is 0 Å². The van der Waals surface area contributed by atoms with E-state index < -0.39 is 27.5 Å². The van der Waals surface area contributed by atoms with Crippen LogP contribution in [0.2, 0.25) is 0 Å². The molecule has 0 spiro atoms. The Labute approximate surface area is 182 Å². The summed E-state index contributed by atoms with van der Waals surface area (Å²) < 4.78 is 71.2. The monoisotopic (exact) mass is 460 g/mol. The van der Waals surface area contributed by atoms with Gasteiger partial charge >= 0.3 is 0 Å². The summed E-state index contributed by atoms with van der Waals surface area (Å²) >= 11 is 0. The summed E-state index contributed by atoms with van der Waals surface area (Å²) in [6.45, 7) is 0. The Bertz CT molecular complexity index is 1420. The predicted molar refractivity (Wildman–Crippen MR) is 113 cm³/mol. The van der Waals surface area contributed by atoms with Gasteiger partial charge in [-0.3, -0.25) is 0 Å². The summed E-state index contributed by atoms with van der Waals surface area (Å²) in [7, 11) is -2.20. The molecule has 0 unspecified atom stereocenters. The highest BCUT2D eigenvalue weighted by Crippen LogP contribution is 2.46. The third kappa shape index (κ3) is 3.49. The molecule has 166 valence electrons. The van der Waals surface area contributed by atoms with Crippen LogP contribution >= 0.6 is 0 Å². The summed E-state index contributed by atoms with van der Waals surface area (Å²) in [6, 6.07) is 7.46.